The van der Waals surface area contributed by atoms with Gasteiger partial charge in [0.05, 0.1) is 10.8 Å². The van der Waals surface area contributed by atoms with Gasteiger partial charge >= 0.3 is 0 Å². The number of nitrogens with zero attached hydrogens (tertiary/aromatic N) is 3. The van der Waals surface area contributed by atoms with Crippen LogP contribution in [0, 0.1) is 6.92 Å². The molecule has 0 aromatic carbocycles. The van der Waals surface area contributed by atoms with Gasteiger partial charge in [-0.15, -0.1) is 0 Å². The van der Waals surface area contributed by atoms with E-state index in [1.165, 1.54) is 4.68 Å². The number of aromatic nitrogens is 3. The minimum atomic E-state index is -0.226. The SMILES string of the molecule is Cc1cc2c(=O)n(C)nc(N)c2c(N)n1. The van der Waals surface area contributed by atoms with Gasteiger partial charge in [0.2, 0.25) is 0 Å². The summed E-state index contributed by atoms with van der Waals surface area (Å²) >= 11 is 0. The first-order valence-corrected chi connectivity index (χ1v) is 4.40. The van der Waals surface area contributed by atoms with Gasteiger partial charge in [-0.25, -0.2) is 9.67 Å². The maximum Gasteiger partial charge on any atom is 0.274 e. The fourth-order valence-electron chi connectivity index (χ4n) is 1.57. The summed E-state index contributed by atoms with van der Waals surface area (Å²) in [6, 6.07) is 1.66. The molecule has 2 heterocycles. The molecule has 2 rings (SSSR count). The van der Waals surface area contributed by atoms with Crippen molar-refractivity contribution in [2.75, 3.05) is 11.5 Å². The second-order valence-corrected chi connectivity index (χ2v) is 3.39. The molecular formula is C9H11N5O. The van der Waals surface area contributed by atoms with E-state index in [4.69, 9.17) is 11.5 Å². The lowest BCUT2D eigenvalue weighted by Gasteiger charge is -2.06. The molecule has 15 heavy (non-hydrogen) atoms. The molecule has 0 atom stereocenters. The summed E-state index contributed by atoms with van der Waals surface area (Å²) in [4.78, 5) is 15.8. The van der Waals surface area contributed by atoms with Crippen LogP contribution in [0.5, 0.6) is 0 Å². The monoisotopic (exact) mass is 205 g/mol. The maximum atomic E-state index is 11.7. The fourth-order valence-corrected chi connectivity index (χ4v) is 1.57. The third-order valence-corrected chi connectivity index (χ3v) is 2.21. The van der Waals surface area contributed by atoms with Crippen LogP contribution in [0.4, 0.5) is 11.6 Å². The smallest absolute Gasteiger partial charge is 0.274 e. The zero-order chi connectivity index (χ0) is 11.2. The number of nitrogens with two attached hydrogens (primary N) is 2. The summed E-state index contributed by atoms with van der Waals surface area (Å²) in [5.41, 5.74) is 11.8. The van der Waals surface area contributed by atoms with E-state index in [1.807, 2.05) is 0 Å². The first-order chi connectivity index (χ1) is 7.00. The van der Waals surface area contributed by atoms with Crippen molar-refractivity contribution in [3.05, 3.63) is 22.1 Å². The Balaban J connectivity index is 3.10. The Morgan fingerprint density at radius 1 is 1.33 bits per heavy atom. The number of nitrogen functional groups attached to an aromatic ring is 2. The van der Waals surface area contributed by atoms with Crippen LogP contribution in [0.2, 0.25) is 0 Å². The Kier molecular flexibility index (Phi) is 1.85. The fraction of sp³-hybridized carbons (Fsp3) is 0.222. The van der Waals surface area contributed by atoms with Gasteiger partial charge in [-0.2, -0.15) is 5.10 Å². The standard InChI is InChI=1S/C9H11N5O/c1-4-3-5-6(7(10)12-4)8(11)13-14(2)9(5)15/h3H,1-2H3,(H2,10,12)(H2,11,13). The zero-order valence-electron chi connectivity index (χ0n) is 8.48. The Morgan fingerprint density at radius 3 is 2.67 bits per heavy atom. The van der Waals surface area contributed by atoms with Crippen molar-refractivity contribution in [2.24, 2.45) is 7.05 Å². The van der Waals surface area contributed by atoms with Crippen LogP contribution < -0.4 is 17.0 Å². The number of hydrogen-bond donors (Lipinski definition) is 2. The molecule has 0 amide bonds. The van der Waals surface area contributed by atoms with Gasteiger partial charge in [-0.3, -0.25) is 4.79 Å². The molecule has 78 valence electrons. The molecule has 0 saturated heterocycles. The van der Waals surface area contributed by atoms with Gasteiger partial charge in [0.15, 0.2) is 5.82 Å². The van der Waals surface area contributed by atoms with Crippen molar-refractivity contribution in [1.29, 1.82) is 0 Å². The van der Waals surface area contributed by atoms with Crippen molar-refractivity contribution >= 4 is 22.4 Å². The largest absolute Gasteiger partial charge is 0.383 e. The van der Waals surface area contributed by atoms with Crippen LogP contribution in [0.25, 0.3) is 10.8 Å². The third kappa shape index (κ3) is 1.30. The molecule has 0 spiro atoms. The van der Waals surface area contributed by atoms with E-state index in [9.17, 15) is 4.79 Å². The number of aryl methyl sites for hydroxylation is 2. The number of pyridine rings is 1. The predicted molar refractivity (Wildman–Crippen MR) is 58.3 cm³/mol. The molecule has 0 radical (unpaired) electrons. The minimum absolute atomic E-state index is 0.220. The minimum Gasteiger partial charge on any atom is -0.383 e. The molecule has 4 N–H and O–H groups in total. The molecule has 0 fully saturated rings. The quantitative estimate of drug-likeness (QED) is 0.620. The first-order valence-electron chi connectivity index (χ1n) is 4.40. The highest BCUT2D eigenvalue weighted by Gasteiger charge is 2.10. The lowest BCUT2D eigenvalue weighted by Crippen LogP contribution is -2.22. The Hall–Kier alpha value is -2.11. The highest BCUT2D eigenvalue weighted by molar-refractivity contribution is 5.97. The summed E-state index contributed by atoms with van der Waals surface area (Å²) in [6.45, 7) is 1.77. The van der Waals surface area contributed by atoms with Gasteiger partial charge in [-0.05, 0) is 13.0 Å². The van der Waals surface area contributed by atoms with Crippen LogP contribution in [0.3, 0.4) is 0 Å². The van der Waals surface area contributed by atoms with E-state index in [1.54, 1.807) is 20.0 Å². The number of fused-ring (bicyclic) bond motifs is 1. The summed E-state index contributed by atoms with van der Waals surface area (Å²) in [5, 5.41) is 4.74. The highest BCUT2D eigenvalue weighted by Crippen LogP contribution is 2.21. The average molecular weight is 205 g/mol. The van der Waals surface area contributed by atoms with E-state index >= 15 is 0 Å². The van der Waals surface area contributed by atoms with Gasteiger partial charge in [0, 0.05) is 12.7 Å². The molecule has 0 saturated carbocycles. The molecule has 0 unspecified atom stereocenters. The topological polar surface area (TPSA) is 99.8 Å². The van der Waals surface area contributed by atoms with Crippen LogP contribution in [-0.2, 0) is 7.05 Å². The zero-order valence-corrected chi connectivity index (χ0v) is 8.48. The van der Waals surface area contributed by atoms with Crippen molar-refractivity contribution in [3.63, 3.8) is 0 Å². The summed E-state index contributed by atoms with van der Waals surface area (Å²) in [7, 11) is 1.55. The normalized spacial score (nSPS) is 10.8. The molecule has 0 aliphatic heterocycles. The van der Waals surface area contributed by atoms with Crippen molar-refractivity contribution in [1.82, 2.24) is 14.8 Å². The molecule has 2 aromatic heterocycles. The van der Waals surface area contributed by atoms with Crippen LogP contribution in [-0.4, -0.2) is 14.8 Å². The van der Waals surface area contributed by atoms with Crippen LogP contribution in [0.15, 0.2) is 10.9 Å². The lowest BCUT2D eigenvalue weighted by atomic mass is 10.2. The molecule has 0 bridgehead atoms. The Bertz CT molecular complexity index is 593. The molecule has 0 aliphatic rings. The van der Waals surface area contributed by atoms with E-state index in [0.717, 1.165) is 0 Å². The van der Waals surface area contributed by atoms with E-state index in [2.05, 4.69) is 10.1 Å². The Labute approximate surface area is 85.5 Å². The number of rotatable bonds is 0. The van der Waals surface area contributed by atoms with Crippen LogP contribution in [0.1, 0.15) is 5.69 Å². The molecule has 2 aromatic rings. The number of hydrogen-bond acceptors (Lipinski definition) is 5. The third-order valence-electron chi connectivity index (χ3n) is 2.21. The predicted octanol–water partition coefficient (Wildman–Crippen LogP) is -0.199. The van der Waals surface area contributed by atoms with Gasteiger partial charge < -0.3 is 11.5 Å². The second kappa shape index (κ2) is 2.94. The summed E-state index contributed by atoms with van der Waals surface area (Å²) in [6.07, 6.45) is 0. The molecule has 6 nitrogen and oxygen atoms in total. The summed E-state index contributed by atoms with van der Waals surface area (Å²) < 4.78 is 1.19. The van der Waals surface area contributed by atoms with Crippen molar-refractivity contribution < 1.29 is 0 Å². The second-order valence-electron chi connectivity index (χ2n) is 3.39. The highest BCUT2D eigenvalue weighted by atomic mass is 16.1. The van der Waals surface area contributed by atoms with Gasteiger partial charge in [0.25, 0.3) is 5.56 Å². The van der Waals surface area contributed by atoms with E-state index < -0.39 is 0 Å². The van der Waals surface area contributed by atoms with Gasteiger partial charge in [-0.1, -0.05) is 0 Å². The number of anilines is 2. The first kappa shape index (κ1) is 9.45. The molecule has 0 aliphatic carbocycles. The summed E-state index contributed by atoms with van der Waals surface area (Å²) in [5.74, 6) is 0.463. The average Bonchev–Trinajstić information content (AvgIpc) is 2.12. The van der Waals surface area contributed by atoms with Crippen molar-refractivity contribution in [2.45, 2.75) is 6.92 Å². The maximum absolute atomic E-state index is 11.7. The molecular weight excluding hydrogens is 194 g/mol. The lowest BCUT2D eigenvalue weighted by molar-refractivity contribution is 0.724. The van der Waals surface area contributed by atoms with E-state index in [0.29, 0.717) is 16.5 Å². The van der Waals surface area contributed by atoms with Gasteiger partial charge in [0.1, 0.15) is 5.82 Å². The van der Waals surface area contributed by atoms with Crippen molar-refractivity contribution in [3.8, 4) is 0 Å². The van der Waals surface area contributed by atoms with Crippen LogP contribution >= 0.6 is 0 Å². The molecule has 6 heteroatoms. The van der Waals surface area contributed by atoms with E-state index in [-0.39, 0.29) is 17.2 Å². The Morgan fingerprint density at radius 2 is 2.00 bits per heavy atom.